The van der Waals surface area contributed by atoms with Crippen LogP contribution in [0.1, 0.15) is 19.3 Å². The summed E-state index contributed by atoms with van der Waals surface area (Å²) >= 11 is 0. The number of anilines is 2. The molecule has 0 aliphatic carbocycles. The molecule has 0 saturated carbocycles. The van der Waals surface area contributed by atoms with Crippen LogP contribution in [0.4, 0.5) is 11.9 Å². The number of amides is 1. The predicted molar refractivity (Wildman–Crippen MR) is 70.7 cm³/mol. The maximum absolute atomic E-state index is 10.6. The number of carbonyl (C=O) groups excluding carboxylic acids is 1. The maximum atomic E-state index is 10.6. The van der Waals surface area contributed by atoms with Crippen LogP contribution < -0.4 is 16.8 Å². The molecule has 0 radical (unpaired) electrons. The second kappa shape index (κ2) is 6.41. The minimum Gasteiger partial charge on any atom is -0.370 e. The van der Waals surface area contributed by atoms with Gasteiger partial charge < -0.3 is 16.8 Å². The Kier molecular flexibility index (Phi) is 4.37. The minimum absolute atomic E-state index is 0.0881. The van der Waals surface area contributed by atoms with Crippen LogP contribution in [0, 0.1) is 0 Å². The number of nitrogens with two attached hydrogens (primary N) is 2. The van der Waals surface area contributed by atoms with E-state index >= 15 is 0 Å². The quantitative estimate of drug-likeness (QED) is 0.551. The largest absolute Gasteiger partial charge is 0.370 e. The molecule has 0 unspecified atom stereocenters. The SMILES string of the molecule is NC(=O)CCCCNc1nc(N)nc(-n2cncn2)n1. The summed E-state index contributed by atoms with van der Waals surface area (Å²) < 4.78 is 1.39. The average Bonchev–Trinajstić information content (AvgIpc) is 2.91. The van der Waals surface area contributed by atoms with Gasteiger partial charge in [0.1, 0.15) is 12.7 Å². The average molecular weight is 277 g/mol. The summed E-state index contributed by atoms with van der Waals surface area (Å²) in [5, 5.41) is 6.92. The van der Waals surface area contributed by atoms with Crippen molar-refractivity contribution in [3.8, 4) is 5.95 Å². The highest BCUT2D eigenvalue weighted by molar-refractivity contribution is 5.73. The van der Waals surface area contributed by atoms with E-state index in [1.807, 2.05) is 0 Å². The second-order valence-corrected chi connectivity index (χ2v) is 4.01. The first kappa shape index (κ1) is 13.6. The van der Waals surface area contributed by atoms with Crippen LogP contribution in [-0.2, 0) is 4.79 Å². The summed E-state index contributed by atoms with van der Waals surface area (Å²) in [5.74, 6) is 0.421. The molecule has 10 nitrogen and oxygen atoms in total. The molecule has 0 bridgehead atoms. The van der Waals surface area contributed by atoms with Gasteiger partial charge in [-0.3, -0.25) is 4.79 Å². The summed E-state index contributed by atoms with van der Waals surface area (Å²) in [6, 6.07) is 0. The molecule has 0 aliphatic rings. The summed E-state index contributed by atoms with van der Waals surface area (Å²) in [6.07, 6.45) is 4.68. The van der Waals surface area contributed by atoms with Crippen LogP contribution in [0.25, 0.3) is 5.95 Å². The molecule has 0 atom stereocenters. The summed E-state index contributed by atoms with van der Waals surface area (Å²) in [7, 11) is 0. The highest BCUT2D eigenvalue weighted by atomic mass is 16.1. The van der Waals surface area contributed by atoms with Crippen molar-refractivity contribution in [2.45, 2.75) is 19.3 Å². The van der Waals surface area contributed by atoms with Gasteiger partial charge in [-0.2, -0.15) is 24.7 Å². The summed E-state index contributed by atoms with van der Waals surface area (Å²) in [6.45, 7) is 0.605. The zero-order chi connectivity index (χ0) is 14.4. The van der Waals surface area contributed by atoms with Gasteiger partial charge in [-0.1, -0.05) is 0 Å². The Balaban J connectivity index is 1.93. The van der Waals surface area contributed by atoms with Gasteiger partial charge in [0.25, 0.3) is 5.95 Å². The number of hydrogen-bond acceptors (Lipinski definition) is 8. The van der Waals surface area contributed by atoms with Crippen molar-refractivity contribution < 1.29 is 4.79 Å². The molecule has 2 rings (SSSR count). The fraction of sp³-hybridized carbons (Fsp3) is 0.400. The Morgan fingerprint density at radius 2 is 2.15 bits per heavy atom. The van der Waals surface area contributed by atoms with Gasteiger partial charge in [-0.05, 0) is 12.8 Å². The maximum Gasteiger partial charge on any atom is 0.258 e. The van der Waals surface area contributed by atoms with Crippen molar-refractivity contribution in [3.05, 3.63) is 12.7 Å². The third-order valence-corrected chi connectivity index (χ3v) is 2.40. The van der Waals surface area contributed by atoms with Gasteiger partial charge in [0.15, 0.2) is 0 Å². The zero-order valence-electron chi connectivity index (χ0n) is 10.7. The van der Waals surface area contributed by atoms with Crippen molar-refractivity contribution in [1.29, 1.82) is 0 Å². The van der Waals surface area contributed by atoms with E-state index in [1.54, 1.807) is 0 Å². The lowest BCUT2D eigenvalue weighted by Crippen LogP contribution is -2.13. The molecule has 106 valence electrons. The number of unbranched alkanes of at least 4 members (excludes halogenated alkanes) is 1. The highest BCUT2D eigenvalue weighted by Crippen LogP contribution is 2.06. The van der Waals surface area contributed by atoms with Crippen LogP contribution in [0.5, 0.6) is 0 Å². The first-order chi connectivity index (χ1) is 9.65. The first-order valence-corrected chi connectivity index (χ1v) is 6.04. The van der Waals surface area contributed by atoms with Crippen LogP contribution in [0.15, 0.2) is 12.7 Å². The second-order valence-electron chi connectivity index (χ2n) is 4.01. The Hall–Kier alpha value is -2.78. The molecular weight excluding hydrogens is 262 g/mol. The summed E-state index contributed by atoms with van der Waals surface area (Å²) in [5.41, 5.74) is 10.7. The highest BCUT2D eigenvalue weighted by Gasteiger charge is 2.06. The number of primary amides is 1. The lowest BCUT2D eigenvalue weighted by Gasteiger charge is -2.06. The van der Waals surface area contributed by atoms with E-state index in [1.165, 1.54) is 17.3 Å². The third kappa shape index (κ3) is 3.86. The van der Waals surface area contributed by atoms with E-state index in [0.29, 0.717) is 25.3 Å². The number of nitrogens with zero attached hydrogens (tertiary/aromatic N) is 6. The van der Waals surface area contributed by atoms with E-state index in [4.69, 9.17) is 11.5 Å². The number of hydrogen-bond donors (Lipinski definition) is 3. The normalized spacial score (nSPS) is 10.4. The van der Waals surface area contributed by atoms with E-state index in [9.17, 15) is 4.79 Å². The van der Waals surface area contributed by atoms with Crippen molar-refractivity contribution in [1.82, 2.24) is 29.7 Å². The van der Waals surface area contributed by atoms with Gasteiger partial charge in [0.2, 0.25) is 17.8 Å². The van der Waals surface area contributed by atoms with Gasteiger partial charge in [0.05, 0.1) is 0 Å². The van der Waals surface area contributed by atoms with Gasteiger partial charge in [-0.15, -0.1) is 0 Å². The molecule has 10 heteroatoms. The van der Waals surface area contributed by atoms with Gasteiger partial charge >= 0.3 is 0 Å². The zero-order valence-corrected chi connectivity index (χ0v) is 10.7. The van der Waals surface area contributed by atoms with E-state index in [-0.39, 0.29) is 17.8 Å². The topological polar surface area (TPSA) is 151 Å². The predicted octanol–water partition coefficient (Wildman–Crippen LogP) is -0.898. The Morgan fingerprint density at radius 3 is 2.85 bits per heavy atom. The van der Waals surface area contributed by atoms with Crippen LogP contribution >= 0.6 is 0 Å². The standard InChI is InChI=1S/C10H15N9O/c11-7(20)3-1-2-4-14-9-16-8(12)17-10(18-9)19-6-13-5-15-19/h5-6H,1-4H2,(H2,11,20)(H3,12,14,16,17,18). The van der Waals surface area contributed by atoms with E-state index in [0.717, 1.165) is 6.42 Å². The lowest BCUT2D eigenvalue weighted by molar-refractivity contribution is -0.118. The molecular formula is C10H15N9O. The Bertz CT molecular complexity index is 568. The number of aromatic nitrogens is 6. The third-order valence-electron chi connectivity index (χ3n) is 2.40. The summed E-state index contributed by atoms with van der Waals surface area (Å²) in [4.78, 5) is 26.5. The molecule has 0 aliphatic heterocycles. The van der Waals surface area contributed by atoms with Crippen LogP contribution in [0.3, 0.4) is 0 Å². The monoisotopic (exact) mass is 277 g/mol. The molecule has 2 aromatic rings. The number of nitrogens with one attached hydrogen (secondary N) is 1. The molecule has 1 amide bonds. The van der Waals surface area contributed by atoms with E-state index < -0.39 is 0 Å². The molecule has 20 heavy (non-hydrogen) atoms. The minimum atomic E-state index is -0.303. The Labute approximate surface area is 114 Å². The van der Waals surface area contributed by atoms with Crippen LogP contribution in [-0.4, -0.2) is 42.2 Å². The fourth-order valence-electron chi connectivity index (χ4n) is 1.50. The smallest absolute Gasteiger partial charge is 0.258 e. The van der Waals surface area contributed by atoms with Crippen molar-refractivity contribution >= 4 is 17.8 Å². The number of nitrogen functional groups attached to an aromatic ring is 1. The van der Waals surface area contributed by atoms with Gasteiger partial charge in [0, 0.05) is 13.0 Å². The van der Waals surface area contributed by atoms with Gasteiger partial charge in [-0.25, -0.2) is 4.98 Å². The van der Waals surface area contributed by atoms with Crippen molar-refractivity contribution in [2.24, 2.45) is 5.73 Å². The first-order valence-electron chi connectivity index (χ1n) is 6.04. The molecule has 0 spiro atoms. The Morgan fingerprint density at radius 1 is 1.30 bits per heavy atom. The fourth-order valence-corrected chi connectivity index (χ4v) is 1.50. The molecule has 0 saturated heterocycles. The van der Waals surface area contributed by atoms with Crippen molar-refractivity contribution in [3.63, 3.8) is 0 Å². The molecule has 5 N–H and O–H groups in total. The van der Waals surface area contributed by atoms with Crippen molar-refractivity contribution in [2.75, 3.05) is 17.6 Å². The lowest BCUT2D eigenvalue weighted by atomic mass is 10.2. The molecule has 0 fully saturated rings. The van der Waals surface area contributed by atoms with E-state index in [2.05, 4.69) is 30.4 Å². The van der Waals surface area contributed by atoms with Crippen LogP contribution in [0.2, 0.25) is 0 Å². The molecule has 2 aromatic heterocycles. The molecule has 2 heterocycles. The number of carbonyl (C=O) groups is 1. The number of rotatable bonds is 7. The molecule has 0 aromatic carbocycles.